The Morgan fingerprint density at radius 2 is 0.686 bits per heavy atom. The summed E-state index contributed by atoms with van der Waals surface area (Å²) in [6.45, 7) is 19.6. The van der Waals surface area contributed by atoms with E-state index < -0.39 is 137 Å². The number of carbonyl (C=O) groups is 11. The molecule has 0 unspecified atom stereocenters. The van der Waals surface area contributed by atoms with E-state index in [1.165, 1.54) is 0 Å². The SMILES string of the molecule is CC(C)(C)OC(=O)CC[C@H](N)C(=O)NCCOCCOCCC(=O)O.CC(C)(C)OC(=O)CC[C@H](NC(=O)OCC1c2ccccc2-c2ccccc21)C(=O)NCCOCCOCCC(=O)O.CC(C)(C)OC(=O)CC[C@H](NC(=O)OCC1c2ccccc2-c2ccccc21)C(=O)Oc1c(F)c(F)c(F)c(F)c1F.NCCOCCOCCC(=O)O. The van der Waals surface area contributed by atoms with Crippen molar-refractivity contribution in [3.63, 3.8) is 0 Å². The quantitative estimate of drug-likeness (QED) is 0.00333. The number of hydrogen-bond donors (Lipinski definition) is 9. The normalized spacial score (nSPS) is 12.7. The van der Waals surface area contributed by atoms with E-state index in [0.717, 1.165) is 44.5 Å². The predicted octanol–water partition coefficient (Wildman–Crippen LogP) is 9.47. The van der Waals surface area contributed by atoms with Gasteiger partial charge in [0.25, 0.3) is 0 Å². The van der Waals surface area contributed by atoms with Crippen molar-refractivity contribution in [2.45, 2.75) is 167 Å². The van der Waals surface area contributed by atoms with Crippen molar-refractivity contribution in [3.05, 3.63) is 148 Å². The molecule has 11 N–H and O–H groups in total. The van der Waals surface area contributed by atoms with Crippen molar-refractivity contribution in [3.8, 4) is 28.0 Å². The van der Waals surface area contributed by atoms with Gasteiger partial charge in [0.2, 0.25) is 46.6 Å². The van der Waals surface area contributed by atoms with Gasteiger partial charge in [0, 0.05) is 50.7 Å². The molecule has 0 saturated heterocycles. The van der Waals surface area contributed by atoms with Crippen molar-refractivity contribution >= 4 is 65.8 Å². The van der Waals surface area contributed by atoms with Gasteiger partial charge in [-0.3, -0.25) is 38.4 Å². The molecule has 0 saturated carbocycles. The lowest BCUT2D eigenvalue weighted by atomic mass is 9.98. The molecule has 5 aromatic rings. The van der Waals surface area contributed by atoms with Crippen molar-refractivity contribution in [1.29, 1.82) is 0 Å². The molecule has 3 atom stereocenters. The number of fused-ring (bicyclic) bond motifs is 6. The minimum absolute atomic E-state index is 0.0171. The molecule has 121 heavy (non-hydrogen) atoms. The number of carboxylic acid groups (broad SMARTS) is 3. The Hall–Kier alpha value is -10.8. The zero-order valence-electron chi connectivity index (χ0n) is 69.3. The highest BCUT2D eigenvalue weighted by molar-refractivity contribution is 5.87. The molecule has 0 heterocycles. The van der Waals surface area contributed by atoms with E-state index in [2.05, 4.69) is 26.0 Å². The van der Waals surface area contributed by atoms with Gasteiger partial charge in [-0.15, -0.1) is 0 Å². The fourth-order valence-electron chi connectivity index (χ4n) is 11.3. The number of hydrogen-bond acceptors (Lipinski definition) is 25. The van der Waals surface area contributed by atoms with Gasteiger partial charge in [0.05, 0.1) is 105 Å². The Labute approximate surface area is 698 Å². The first-order valence-electron chi connectivity index (χ1n) is 39.0. The number of ether oxygens (including phenoxy) is 12. The monoisotopic (exact) mass is 1710 g/mol. The molecule has 4 amide bonds. The Morgan fingerprint density at radius 3 is 1.02 bits per heavy atom. The standard InChI is InChI=1S/C31H40N2O9.C30H26F5NO6.C16H30N2O7.C7H15NO4/c1-31(2,3)42-28(36)13-12-26(29(37)32-15-17-40-19-18-39-16-14-27(34)35)33-30(38)41-20-25-23-10-6-4-8-21(23)22-9-5-7-11-24(22)25;1-30(2,3)42-21(37)13-12-20(28(38)41-27-25(34)23(32)22(31)24(33)26(27)35)36-29(39)40-14-19-17-10-6-4-8-15(17)16-9-5-7-11-18(16)19;1-16(2,3)25-14(21)5-4-12(17)15(22)18-7-9-24-11-10-23-8-6-13(19)20;8-2-4-12-6-5-11-3-1-7(9)10/h4-11,25-26H,12-20H2,1-3H3,(H,32,37)(H,33,38)(H,34,35);4-11,19-20H,12-14H2,1-3H3,(H,36,39);12H,4-11,17H2,1-3H3,(H,18,22)(H,19,20);1-6,8H2,(H,9,10)/t26-;20-;12-;/m000./s1. The summed E-state index contributed by atoms with van der Waals surface area (Å²) in [6, 6.07) is 27.4. The second-order valence-corrected chi connectivity index (χ2v) is 29.8. The highest BCUT2D eigenvalue weighted by Crippen LogP contribution is 2.46. The number of carboxylic acids is 3. The first-order chi connectivity index (χ1) is 57.2. The molecule has 0 spiro atoms. The van der Waals surface area contributed by atoms with E-state index in [4.69, 9.17) is 78.9 Å². The number of nitrogens with one attached hydrogen (secondary N) is 4. The number of amides is 4. The minimum Gasteiger partial charge on any atom is -0.481 e. The minimum atomic E-state index is -2.44. The van der Waals surface area contributed by atoms with Gasteiger partial charge < -0.3 is 105 Å². The highest BCUT2D eigenvalue weighted by atomic mass is 19.2. The Bertz CT molecular complexity index is 4080. The smallest absolute Gasteiger partial charge is 0.407 e. The lowest BCUT2D eigenvalue weighted by molar-refractivity contribution is -0.156. The molecule has 0 fully saturated rings. The fourth-order valence-corrected chi connectivity index (χ4v) is 11.3. The Kier molecular flexibility index (Phi) is 45.0. The van der Waals surface area contributed by atoms with Gasteiger partial charge in [-0.05, 0) is 126 Å². The number of aliphatic carboxylic acids is 3. The van der Waals surface area contributed by atoms with E-state index in [0.29, 0.717) is 33.0 Å². The van der Waals surface area contributed by atoms with E-state index in [9.17, 15) is 74.7 Å². The molecule has 2 aliphatic rings. The van der Waals surface area contributed by atoms with Crippen LogP contribution in [0.5, 0.6) is 5.75 Å². The summed E-state index contributed by atoms with van der Waals surface area (Å²) in [7, 11) is 0. The van der Waals surface area contributed by atoms with E-state index in [1.807, 2.05) is 97.1 Å². The number of halogens is 5. The second-order valence-electron chi connectivity index (χ2n) is 29.8. The van der Waals surface area contributed by atoms with Gasteiger partial charge in [-0.2, -0.15) is 8.78 Å². The third-order valence-electron chi connectivity index (χ3n) is 16.6. The molecular formula is C84H111F5N6O26. The molecule has 37 heteroatoms. The van der Waals surface area contributed by atoms with Crippen LogP contribution in [0.3, 0.4) is 0 Å². The highest BCUT2D eigenvalue weighted by Gasteiger charge is 2.36. The summed E-state index contributed by atoms with van der Waals surface area (Å²) >= 11 is 0. The average Bonchev–Trinajstić information content (AvgIpc) is 1.65. The van der Waals surface area contributed by atoms with Crippen LogP contribution in [0.25, 0.3) is 22.3 Å². The lowest BCUT2D eigenvalue weighted by Gasteiger charge is -2.22. The number of alkyl carbamates (subject to hydrolysis) is 2. The molecule has 0 aromatic heterocycles. The first-order valence-corrected chi connectivity index (χ1v) is 39.0. The van der Waals surface area contributed by atoms with E-state index >= 15 is 0 Å². The van der Waals surface area contributed by atoms with E-state index in [1.54, 1.807) is 62.3 Å². The third-order valence-corrected chi connectivity index (χ3v) is 16.6. The summed E-state index contributed by atoms with van der Waals surface area (Å²) in [6.07, 6.45) is -2.77. The van der Waals surface area contributed by atoms with E-state index in [-0.39, 0.29) is 148 Å². The van der Waals surface area contributed by atoms with Crippen LogP contribution in [0.1, 0.15) is 154 Å². The van der Waals surface area contributed by atoms with Crippen LogP contribution in [0.15, 0.2) is 97.1 Å². The van der Waals surface area contributed by atoms with Crippen LogP contribution >= 0.6 is 0 Å². The zero-order chi connectivity index (χ0) is 89.8. The van der Waals surface area contributed by atoms with Crippen LogP contribution in [-0.2, 0) is 95.3 Å². The average molecular weight is 1720 g/mol. The lowest BCUT2D eigenvalue weighted by Crippen LogP contribution is -2.48. The maximum atomic E-state index is 14.1. The van der Waals surface area contributed by atoms with Crippen LogP contribution in [0.2, 0.25) is 0 Å². The van der Waals surface area contributed by atoms with Crippen LogP contribution in [-0.4, -0.2) is 228 Å². The maximum absolute atomic E-state index is 14.1. The van der Waals surface area contributed by atoms with Gasteiger partial charge in [0.15, 0.2) is 0 Å². The summed E-state index contributed by atoms with van der Waals surface area (Å²) in [5, 5.41) is 35.3. The molecule has 0 bridgehead atoms. The van der Waals surface area contributed by atoms with Gasteiger partial charge >= 0.3 is 54.0 Å². The second kappa shape index (κ2) is 53.1. The Morgan fingerprint density at radius 1 is 0.388 bits per heavy atom. The summed E-state index contributed by atoms with van der Waals surface area (Å²) in [5.74, 6) is -21.0. The maximum Gasteiger partial charge on any atom is 0.407 e. The van der Waals surface area contributed by atoms with Crippen molar-refractivity contribution in [2.75, 3.05) is 112 Å². The van der Waals surface area contributed by atoms with Crippen molar-refractivity contribution in [2.24, 2.45) is 11.5 Å². The predicted molar refractivity (Wildman–Crippen MR) is 426 cm³/mol. The molecule has 2 aliphatic carbocycles. The molecule has 0 aliphatic heterocycles. The third kappa shape index (κ3) is 39.5. The molecule has 5 aromatic carbocycles. The molecule has 668 valence electrons. The van der Waals surface area contributed by atoms with Crippen LogP contribution in [0, 0.1) is 29.1 Å². The summed E-state index contributed by atoms with van der Waals surface area (Å²) in [5.41, 5.74) is 16.8. The number of benzene rings is 5. The zero-order valence-corrected chi connectivity index (χ0v) is 69.3. The number of carbonyl (C=O) groups excluding carboxylic acids is 8. The summed E-state index contributed by atoms with van der Waals surface area (Å²) in [4.78, 5) is 130. The number of rotatable bonds is 45. The van der Waals surface area contributed by atoms with Crippen molar-refractivity contribution in [1.82, 2.24) is 21.3 Å². The van der Waals surface area contributed by atoms with Gasteiger partial charge in [-0.25, -0.2) is 27.6 Å². The largest absolute Gasteiger partial charge is 0.481 e. The fraction of sp³-hybridized carbons (Fsp3) is 0.512. The molecular weight excluding hydrogens is 1600 g/mol. The first kappa shape index (κ1) is 103. The van der Waals surface area contributed by atoms with Crippen LogP contribution in [0.4, 0.5) is 31.5 Å². The number of esters is 4. The molecule has 32 nitrogen and oxygen atoms in total. The summed E-state index contributed by atoms with van der Waals surface area (Å²) < 4.78 is 131. The molecule has 0 radical (unpaired) electrons. The molecule has 7 rings (SSSR count). The van der Waals surface area contributed by atoms with Gasteiger partial charge in [-0.1, -0.05) is 97.1 Å². The number of nitrogens with two attached hydrogens (primary N) is 2. The topological polar surface area (TPSA) is 459 Å². The van der Waals surface area contributed by atoms with Crippen molar-refractivity contribution < 1.29 is 147 Å². The van der Waals surface area contributed by atoms with Crippen LogP contribution < -0.4 is 37.5 Å². The Balaban J connectivity index is 0.000000366. The van der Waals surface area contributed by atoms with Gasteiger partial charge in [0.1, 0.15) is 42.1 Å².